The standard InChI is InChI=1S/C23H25N3/c1-18-25-14-15-26(18)22-13-12-21(16-22)23(17-24,19-8-4-2-5-9-19)20-10-6-3-7-11-20/h2-11,21-22H,12-16H2,1H3/t21?,22-/m0/s1. The minimum atomic E-state index is -0.581. The van der Waals surface area contributed by atoms with Crippen molar-refractivity contribution in [2.45, 2.75) is 37.6 Å². The van der Waals surface area contributed by atoms with E-state index in [1.54, 1.807) is 0 Å². The Kier molecular flexibility index (Phi) is 4.51. The van der Waals surface area contributed by atoms with E-state index in [2.05, 4.69) is 47.2 Å². The van der Waals surface area contributed by atoms with Crippen LogP contribution in [-0.4, -0.2) is 29.9 Å². The second kappa shape index (κ2) is 6.96. The van der Waals surface area contributed by atoms with Crippen molar-refractivity contribution in [1.29, 1.82) is 5.26 Å². The largest absolute Gasteiger partial charge is 0.356 e. The maximum atomic E-state index is 10.5. The number of hydrogen-bond acceptors (Lipinski definition) is 3. The van der Waals surface area contributed by atoms with Crippen LogP contribution < -0.4 is 0 Å². The molecule has 1 unspecified atom stereocenters. The van der Waals surface area contributed by atoms with Gasteiger partial charge in [-0.3, -0.25) is 4.99 Å². The molecule has 132 valence electrons. The lowest BCUT2D eigenvalue weighted by Crippen LogP contribution is -2.38. The van der Waals surface area contributed by atoms with Gasteiger partial charge in [0.1, 0.15) is 5.41 Å². The first-order valence-electron chi connectivity index (χ1n) is 9.55. The Labute approximate surface area is 156 Å². The Morgan fingerprint density at radius 2 is 1.62 bits per heavy atom. The van der Waals surface area contributed by atoms with E-state index in [1.165, 1.54) is 0 Å². The van der Waals surface area contributed by atoms with Crippen LogP contribution in [0.1, 0.15) is 37.3 Å². The zero-order valence-electron chi connectivity index (χ0n) is 15.3. The molecule has 1 aliphatic carbocycles. The molecular formula is C23H25N3. The minimum absolute atomic E-state index is 0.315. The fourth-order valence-corrected chi connectivity index (χ4v) is 4.91. The number of rotatable bonds is 4. The highest BCUT2D eigenvalue weighted by Gasteiger charge is 2.47. The van der Waals surface area contributed by atoms with Gasteiger partial charge in [-0.1, -0.05) is 60.7 Å². The molecule has 1 aliphatic heterocycles. The molecule has 3 nitrogen and oxygen atoms in total. The van der Waals surface area contributed by atoms with Crippen molar-refractivity contribution in [1.82, 2.24) is 4.90 Å². The fourth-order valence-electron chi connectivity index (χ4n) is 4.91. The summed E-state index contributed by atoms with van der Waals surface area (Å²) in [6.07, 6.45) is 3.26. The molecule has 1 fully saturated rings. The Bertz CT molecular complexity index is 780. The average molecular weight is 343 g/mol. The molecule has 2 aliphatic rings. The Balaban J connectivity index is 1.73. The van der Waals surface area contributed by atoms with Crippen LogP contribution in [0.5, 0.6) is 0 Å². The molecule has 0 radical (unpaired) electrons. The summed E-state index contributed by atoms with van der Waals surface area (Å²) >= 11 is 0. The summed E-state index contributed by atoms with van der Waals surface area (Å²) < 4.78 is 0. The predicted octanol–water partition coefficient (Wildman–Crippen LogP) is 4.40. The highest BCUT2D eigenvalue weighted by molar-refractivity contribution is 5.81. The van der Waals surface area contributed by atoms with Crippen molar-refractivity contribution < 1.29 is 0 Å². The number of nitriles is 1. The zero-order chi connectivity index (χ0) is 18.0. The second-order valence-electron chi connectivity index (χ2n) is 7.44. The molecule has 4 rings (SSSR count). The third-order valence-corrected chi connectivity index (χ3v) is 6.19. The first-order chi connectivity index (χ1) is 12.8. The highest BCUT2D eigenvalue weighted by Crippen LogP contribution is 2.47. The molecule has 0 saturated heterocycles. The molecule has 1 heterocycles. The smallest absolute Gasteiger partial charge is 0.110 e. The van der Waals surface area contributed by atoms with Crippen LogP contribution >= 0.6 is 0 Å². The Hall–Kier alpha value is -2.60. The van der Waals surface area contributed by atoms with Gasteiger partial charge in [-0.2, -0.15) is 5.26 Å². The summed E-state index contributed by atoms with van der Waals surface area (Å²) in [7, 11) is 0. The molecule has 2 atom stereocenters. The van der Waals surface area contributed by atoms with Crippen LogP contribution in [-0.2, 0) is 5.41 Å². The first-order valence-corrected chi connectivity index (χ1v) is 9.55. The predicted molar refractivity (Wildman–Crippen MR) is 105 cm³/mol. The maximum Gasteiger partial charge on any atom is 0.110 e. The van der Waals surface area contributed by atoms with E-state index in [0.717, 1.165) is 49.3 Å². The summed E-state index contributed by atoms with van der Waals surface area (Å²) in [6, 6.07) is 24.0. The number of hydrogen-bond donors (Lipinski definition) is 0. The van der Waals surface area contributed by atoms with E-state index >= 15 is 0 Å². The molecule has 26 heavy (non-hydrogen) atoms. The molecule has 0 aromatic heterocycles. The van der Waals surface area contributed by atoms with Crippen molar-refractivity contribution in [3.63, 3.8) is 0 Å². The van der Waals surface area contributed by atoms with Crippen molar-refractivity contribution in [3.05, 3.63) is 71.8 Å². The normalized spacial score (nSPS) is 22.9. The third kappa shape index (κ3) is 2.70. The topological polar surface area (TPSA) is 39.4 Å². The molecular weight excluding hydrogens is 318 g/mol. The van der Waals surface area contributed by atoms with Crippen LogP contribution in [0.3, 0.4) is 0 Å². The quantitative estimate of drug-likeness (QED) is 0.825. The summed E-state index contributed by atoms with van der Waals surface area (Å²) in [5.74, 6) is 1.48. The lowest BCUT2D eigenvalue weighted by Gasteiger charge is -2.35. The van der Waals surface area contributed by atoms with Gasteiger partial charge in [-0.25, -0.2) is 0 Å². The van der Waals surface area contributed by atoms with Gasteiger partial charge in [-0.15, -0.1) is 0 Å². The van der Waals surface area contributed by atoms with E-state index in [1.807, 2.05) is 36.4 Å². The van der Waals surface area contributed by atoms with Gasteiger partial charge in [0.05, 0.1) is 18.4 Å². The number of nitrogens with zero attached hydrogens (tertiary/aromatic N) is 3. The Morgan fingerprint density at radius 1 is 1.00 bits per heavy atom. The van der Waals surface area contributed by atoms with Gasteiger partial charge in [0, 0.05) is 12.6 Å². The average Bonchev–Trinajstić information content (AvgIpc) is 3.34. The van der Waals surface area contributed by atoms with Crippen LogP contribution in [0.15, 0.2) is 65.7 Å². The SMILES string of the molecule is CC1=NCCN1[C@H]1CCC(C(C#N)(c2ccccc2)c2ccccc2)C1. The molecule has 0 N–H and O–H groups in total. The van der Waals surface area contributed by atoms with E-state index in [-0.39, 0.29) is 0 Å². The maximum absolute atomic E-state index is 10.5. The van der Waals surface area contributed by atoms with Crippen LogP contribution in [0.2, 0.25) is 0 Å². The first kappa shape index (κ1) is 16.8. The molecule has 0 spiro atoms. The van der Waals surface area contributed by atoms with Crippen molar-refractivity contribution in [2.75, 3.05) is 13.1 Å². The third-order valence-electron chi connectivity index (χ3n) is 6.19. The molecule has 2 aromatic rings. The molecule has 0 bridgehead atoms. The molecule has 3 heteroatoms. The number of aliphatic imine (C=N–C) groups is 1. The number of benzene rings is 2. The number of amidine groups is 1. The van der Waals surface area contributed by atoms with Gasteiger partial charge >= 0.3 is 0 Å². The second-order valence-corrected chi connectivity index (χ2v) is 7.44. The fraction of sp³-hybridized carbons (Fsp3) is 0.391. The molecule has 2 aromatic carbocycles. The van der Waals surface area contributed by atoms with Gasteiger partial charge < -0.3 is 4.90 Å². The van der Waals surface area contributed by atoms with Crippen molar-refractivity contribution in [2.24, 2.45) is 10.9 Å². The molecule has 1 saturated carbocycles. The van der Waals surface area contributed by atoms with Crippen LogP contribution in [0.4, 0.5) is 0 Å². The van der Waals surface area contributed by atoms with Crippen molar-refractivity contribution >= 4 is 5.84 Å². The van der Waals surface area contributed by atoms with Crippen LogP contribution in [0.25, 0.3) is 0 Å². The van der Waals surface area contributed by atoms with Gasteiger partial charge in [0.15, 0.2) is 0 Å². The summed E-state index contributed by atoms with van der Waals surface area (Å²) in [5, 5.41) is 10.5. The van der Waals surface area contributed by atoms with E-state index < -0.39 is 5.41 Å². The summed E-state index contributed by atoms with van der Waals surface area (Å²) in [6.45, 7) is 4.06. The van der Waals surface area contributed by atoms with Gasteiger partial charge in [0.2, 0.25) is 0 Å². The van der Waals surface area contributed by atoms with Gasteiger partial charge in [0.25, 0.3) is 0 Å². The minimum Gasteiger partial charge on any atom is -0.356 e. The van der Waals surface area contributed by atoms with E-state index in [9.17, 15) is 5.26 Å². The summed E-state index contributed by atoms with van der Waals surface area (Å²) in [5.41, 5.74) is 1.65. The zero-order valence-corrected chi connectivity index (χ0v) is 15.3. The lowest BCUT2D eigenvalue weighted by atomic mass is 9.66. The highest BCUT2D eigenvalue weighted by atomic mass is 15.3. The summed E-state index contributed by atoms with van der Waals surface area (Å²) in [4.78, 5) is 7.02. The van der Waals surface area contributed by atoms with Crippen LogP contribution in [0, 0.1) is 17.2 Å². The monoisotopic (exact) mass is 343 g/mol. The van der Waals surface area contributed by atoms with Gasteiger partial charge in [-0.05, 0) is 43.2 Å². The van der Waals surface area contributed by atoms with E-state index in [0.29, 0.717) is 12.0 Å². The van der Waals surface area contributed by atoms with E-state index in [4.69, 9.17) is 0 Å². The lowest BCUT2D eigenvalue weighted by molar-refractivity contribution is 0.313. The Morgan fingerprint density at radius 3 is 2.12 bits per heavy atom. The molecule has 0 amide bonds. The van der Waals surface area contributed by atoms with Crippen molar-refractivity contribution in [3.8, 4) is 6.07 Å².